The van der Waals surface area contributed by atoms with E-state index in [1.54, 1.807) is 69.7 Å². The van der Waals surface area contributed by atoms with Crippen molar-refractivity contribution >= 4 is 23.0 Å². The van der Waals surface area contributed by atoms with E-state index in [4.69, 9.17) is 14.2 Å². The number of carbonyl (C=O) groups excluding carboxylic acids is 2. The number of aromatic nitrogens is 1. The van der Waals surface area contributed by atoms with Crippen molar-refractivity contribution in [3.8, 4) is 17.2 Å². The van der Waals surface area contributed by atoms with Crippen LogP contribution in [0, 0.1) is 13.8 Å². The van der Waals surface area contributed by atoms with Gasteiger partial charge in [0.05, 0.1) is 48.0 Å². The minimum atomic E-state index is -0.800. The summed E-state index contributed by atoms with van der Waals surface area (Å²) in [5.74, 6) is 0.296. The largest absolute Gasteiger partial charge is 0.503 e. The molecule has 0 saturated carbocycles. The van der Waals surface area contributed by atoms with Gasteiger partial charge in [0.1, 0.15) is 23.9 Å². The molecule has 1 aromatic heterocycles. The molecule has 3 aromatic rings. The maximum Gasteiger partial charge on any atom is 0.290 e. The Hall–Kier alpha value is -3.85. The van der Waals surface area contributed by atoms with Gasteiger partial charge in [0.25, 0.3) is 5.91 Å². The first-order valence-electron chi connectivity index (χ1n) is 11.0. The van der Waals surface area contributed by atoms with Crippen LogP contribution in [0.25, 0.3) is 0 Å². The first kappa shape index (κ1) is 24.3. The second-order valence-electron chi connectivity index (χ2n) is 7.94. The molecule has 1 unspecified atom stereocenters. The SMILES string of the molecule is COc1ccc(OCCN2C(=O)C(O)=C(C(=O)c3sc(C)nc3C)C2c2cccc(OC)c2)cc1. The Morgan fingerprint density at radius 1 is 1.06 bits per heavy atom. The number of hydrogen-bond donors (Lipinski definition) is 1. The minimum absolute atomic E-state index is 0.0273. The first-order valence-corrected chi connectivity index (χ1v) is 11.8. The molecule has 8 nitrogen and oxygen atoms in total. The van der Waals surface area contributed by atoms with E-state index >= 15 is 0 Å². The lowest BCUT2D eigenvalue weighted by Crippen LogP contribution is -2.34. The molecular weight excluding hydrogens is 468 g/mol. The highest BCUT2D eigenvalue weighted by Crippen LogP contribution is 2.40. The second kappa shape index (κ2) is 10.2. The summed E-state index contributed by atoms with van der Waals surface area (Å²) in [7, 11) is 3.13. The number of carbonyl (C=O) groups is 2. The van der Waals surface area contributed by atoms with Crippen LogP contribution in [0.1, 0.15) is 32.0 Å². The van der Waals surface area contributed by atoms with Crippen molar-refractivity contribution in [1.29, 1.82) is 0 Å². The molecule has 0 spiro atoms. The topological polar surface area (TPSA) is 98.2 Å². The molecule has 2 aromatic carbocycles. The van der Waals surface area contributed by atoms with E-state index < -0.39 is 23.5 Å². The molecule has 1 amide bonds. The van der Waals surface area contributed by atoms with Crippen molar-refractivity contribution in [2.75, 3.05) is 27.4 Å². The summed E-state index contributed by atoms with van der Waals surface area (Å²) in [5.41, 5.74) is 1.24. The predicted octanol–water partition coefficient (Wildman–Crippen LogP) is 4.43. The number of aryl methyl sites for hydroxylation is 2. The Morgan fingerprint density at radius 2 is 1.74 bits per heavy atom. The van der Waals surface area contributed by atoms with Crippen LogP contribution in [0.5, 0.6) is 17.2 Å². The lowest BCUT2D eigenvalue weighted by Gasteiger charge is -2.27. The lowest BCUT2D eigenvalue weighted by molar-refractivity contribution is -0.129. The third kappa shape index (κ3) is 4.85. The van der Waals surface area contributed by atoms with Gasteiger partial charge in [0, 0.05) is 0 Å². The van der Waals surface area contributed by atoms with Gasteiger partial charge in [-0.2, -0.15) is 0 Å². The zero-order chi connectivity index (χ0) is 25.1. The standard InChI is InChI=1S/C26H26N2O6S/c1-15-25(35-16(2)27-15)23(29)21-22(17-6-5-7-20(14-17)33-4)28(26(31)24(21)30)12-13-34-19-10-8-18(32-3)9-11-19/h5-11,14,22,30H,12-13H2,1-4H3. The summed E-state index contributed by atoms with van der Waals surface area (Å²) in [4.78, 5) is 32.9. The maximum atomic E-state index is 13.6. The van der Waals surface area contributed by atoms with Gasteiger partial charge in [0.2, 0.25) is 5.78 Å². The lowest BCUT2D eigenvalue weighted by atomic mass is 9.95. The van der Waals surface area contributed by atoms with E-state index in [1.807, 2.05) is 6.92 Å². The van der Waals surface area contributed by atoms with Crippen LogP contribution in [0.4, 0.5) is 0 Å². The number of thiazole rings is 1. The summed E-state index contributed by atoms with van der Waals surface area (Å²) < 4.78 is 16.3. The fraction of sp³-hybridized carbons (Fsp3) is 0.269. The van der Waals surface area contributed by atoms with E-state index in [0.29, 0.717) is 33.4 Å². The summed E-state index contributed by atoms with van der Waals surface area (Å²) in [6.45, 7) is 3.86. The zero-order valence-corrected chi connectivity index (χ0v) is 20.7. The fourth-order valence-electron chi connectivity index (χ4n) is 4.07. The van der Waals surface area contributed by atoms with Gasteiger partial charge in [-0.05, 0) is 55.8 Å². The zero-order valence-electron chi connectivity index (χ0n) is 19.9. The number of benzene rings is 2. The van der Waals surface area contributed by atoms with Crippen LogP contribution < -0.4 is 14.2 Å². The quantitative estimate of drug-likeness (QED) is 0.439. The van der Waals surface area contributed by atoms with Crippen LogP contribution in [0.15, 0.2) is 59.9 Å². The number of aliphatic hydroxyl groups excluding tert-OH is 1. The average molecular weight is 495 g/mol. The summed E-state index contributed by atoms with van der Waals surface area (Å²) in [5, 5.41) is 11.6. The highest BCUT2D eigenvalue weighted by molar-refractivity contribution is 7.14. The van der Waals surface area contributed by atoms with Crippen molar-refractivity contribution in [1.82, 2.24) is 9.88 Å². The molecule has 35 heavy (non-hydrogen) atoms. The summed E-state index contributed by atoms with van der Waals surface area (Å²) in [6, 6.07) is 13.4. The summed E-state index contributed by atoms with van der Waals surface area (Å²) >= 11 is 1.24. The average Bonchev–Trinajstić information content (AvgIpc) is 3.34. The highest BCUT2D eigenvalue weighted by Gasteiger charge is 2.44. The molecule has 182 valence electrons. The molecule has 1 aliphatic rings. The number of Topliss-reactive ketones (excluding diaryl/α,β-unsaturated/α-hetero) is 1. The van der Waals surface area contributed by atoms with Gasteiger partial charge in [-0.25, -0.2) is 4.98 Å². The van der Waals surface area contributed by atoms with E-state index in [2.05, 4.69) is 4.98 Å². The third-order valence-electron chi connectivity index (χ3n) is 5.73. The number of hydrogen-bond acceptors (Lipinski definition) is 8. The van der Waals surface area contributed by atoms with Crippen LogP contribution >= 0.6 is 11.3 Å². The maximum absolute atomic E-state index is 13.6. The molecule has 0 aliphatic carbocycles. The number of amides is 1. The van der Waals surface area contributed by atoms with Gasteiger partial charge in [0.15, 0.2) is 5.76 Å². The van der Waals surface area contributed by atoms with E-state index in [1.165, 1.54) is 16.2 Å². The van der Waals surface area contributed by atoms with Gasteiger partial charge in [-0.15, -0.1) is 11.3 Å². The fourth-order valence-corrected chi connectivity index (χ4v) is 4.95. The molecule has 1 atom stereocenters. The number of ether oxygens (including phenoxy) is 3. The van der Waals surface area contributed by atoms with Crippen molar-refractivity contribution in [2.45, 2.75) is 19.9 Å². The highest BCUT2D eigenvalue weighted by atomic mass is 32.1. The van der Waals surface area contributed by atoms with Crippen molar-refractivity contribution < 1.29 is 28.9 Å². The van der Waals surface area contributed by atoms with Crippen molar-refractivity contribution in [3.05, 3.63) is 81.0 Å². The molecule has 0 bridgehead atoms. The normalized spacial score (nSPS) is 15.5. The monoisotopic (exact) mass is 494 g/mol. The molecule has 0 fully saturated rings. The predicted molar refractivity (Wildman–Crippen MR) is 132 cm³/mol. The van der Waals surface area contributed by atoms with Gasteiger partial charge < -0.3 is 24.2 Å². The Kier molecular flexibility index (Phi) is 7.07. The summed E-state index contributed by atoms with van der Waals surface area (Å²) in [6.07, 6.45) is 0. The molecule has 1 aliphatic heterocycles. The van der Waals surface area contributed by atoms with E-state index in [9.17, 15) is 14.7 Å². The molecule has 0 saturated heterocycles. The Balaban J connectivity index is 1.65. The number of methoxy groups -OCH3 is 2. The molecule has 2 heterocycles. The van der Waals surface area contributed by atoms with Crippen molar-refractivity contribution in [3.63, 3.8) is 0 Å². The number of ketones is 1. The number of nitrogens with zero attached hydrogens (tertiary/aromatic N) is 2. The number of aliphatic hydroxyl groups is 1. The van der Waals surface area contributed by atoms with Crippen LogP contribution in [0.3, 0.4) is 0 Å². The van der Waals surface area contributed by atoms with Crippen LogP contribution in [-0.2, 0) is 4.79 Å². The van der Waals surface area contributed by atoms with Crippen molar-refractivity contribution in [2.24, 2.45) is 0 Å². The van der Waals surface area contributed by atoms with Crippen LogP contribution in [0.2, 0.25) is 0 Å². The van der Waals surface area contributed by atoms with E-state index in [0.717, 1.165) is 5.01 Å². The van der Waals surface area contributed by atoms with Gasteiger partial charge in [-0.3, -0.25) is 9.59 Å². The molecule has 9 heteroatoms. The van der Waals surface area contributed by atoms with Gasteiger partial charge >= 0.3 is 0 Å². The second-order valence-corrected chi connectivity index (χ2v) is 9.14. The smallest absolute Gasteiger partial charge is 0.290 e. The van der Waals surface area contributed by atoms with Crippen LogP contribution in [-0.4, -0.2) is 54.1 Å². The Bertz CT molecular complexity index is 1280. The molecular formula is C26H26N2O6S. The van der Waals surface area contributed by atoms with E-state index in [-0.39, 0.29) is 18.7 Å². The molecule has 0 radical (unpaired) electrons. The number of rotatable bonds is 9. The third-order valence-corrected chi connectivity index (χ3v) is 6.80. The Labute approximate surface area is 207 Å². The van der Waals surface area contributed by atoms with Gasteiger partial charge in [-0.1, -0.05) is 12.1 Å². The molecule has 4 rings (SSSR count). The minimum Gasteiger partial charge on any atom is -0.503 e. The first-order chi connectivity index (χ1) is 16.8. The Morgan fingerprint density at radius 3 is 2.37 bits per heavy atom. The molecule has 1 N–H and O–H groups in total.